The van der Waals surface area contributed by atoms with E-state index in [1.54, 1.807) is 36.4 Å². The van der Waals surface area contributed by atoms with Crippen LogP contribution in [0.5, 0.6) is 5.75 Å². The van der Waals surface area contributed by atoms with Gasteiger partial charge in [-0.25, -0.2) is 0 Å². The molecule has 0 aromatic heterocycles. The molecule has 212 valence electrons. The van der Waals surface area contributed by atoms with Crippen LogP contribution in [0, 0.1) is 0 Å². The SMILES string of the molecule is CCCCCC(=O)N[C@H](C(=O)NCc1ccc(C(N)=O)cc1)c1ccc(OCc2ccc(C(C)(C)C)cc2)cc1. The summed E-state index contributed by atoms with van der Waals surface area (Å²) in [6.07, 6.45) is 3.10. The van der Waals surface area contributed by atoms with Crippen molar-refractivity contribution in [2.24, 2.45) is 5.73 Å². The molecule has 4 N–H and O–H groups in total. The Morgan fingerprint density at radius 2 is 1.48 bits per heavy atom. The summed E-state index contributed by atoms with van der Waals surface area (Å²) in [6, 6.07) is 21.5. The molecule has 0 aliphatic heterocycles. The number of unbranched alkanes of at least 4 members (excludes halogenated alkanes) is 2. The zero-order valence-corrected chi connectivity index (χ0v) is 24.0. The van der Waals surface area contributed by atoms with Crippen molar-refractivity contribution in [3.63, 3.8) is 0 Å². The predicted octanol–water partition coefficient (Wildman–Crippen LogP) is 5.72. The molecule has 0 saturated carbocycles. The van der Waals surface area contributed by atoms with Gasteiger partial charge in [-0.05, 0) is 58.4 Å². The Hall–Kier alpha value is -4.13. The zero-order valence-electron chi connectivity index (χ0n) is 24.0. The number of nitrogens with one attached hydrogen (secondary N) is 2. The molecule has 40 heavy (non-hydrogen) atoms. The van der Waals surface area contributed by atoms with E-state index in [0.29, 0.717) is 29.9 Å². The third-order valence-electron chi connectivity index (χ3n) is 6.72. The molecule has 0 aliphatic rings. The minimum absolute atomic E-state index is 0.0962. The van der Waals surface area contributed by atoms with Gasteiger partial charge < -0.3 is 21.1 Å². The molecular formula is C33H41N3O4. The lowest BCUT2D eigenvalue weighted by atomic mass is 9.87. The number of primary amides is 1. The quantitative estimate of drug-likeness (QED) is 0.240. The molecule has 0 saturated heterocycles. The van der Waals surface area contributed by atoms with Crippen LogP contribution >= 0.6 is 0 Å². The average Bonchev–Trinajstić information content (AvgIpc) is 2.94. The molecule has 3 rings (SSSR count). The number of carbonyl (C=O) groups excluding carboxylic acids is 3. The van der Waals surface area contributed by atoms with Crippen LogP contribution in [0.15, 0.2) is 72.8 Å². The van der Waals surface area contributed by atoms with Gasteiger partial charge in [0.25, 0.3) is 0 Å². The molecule has 0 heterocycles. The first-order chi connectivity index (χ1) is 19.1. The highest BCUT2D eigenvalue weighted by atomic mass is 16.5. The van der Waals surface area contributed by atoms with Crippen molar-refractivity contribution < 1.29 is 19.1 Å². The van der Waals surface area contributed by atoms with E-state index in [2.05, 4.69) is 62.6 Å². The summed E-state index contributed by atoms with van der Waals surface area (Å²) in [5.41, 5.74) is 9.60. The van der Waals surface area contributed by atoms with Crippen molar-refractivity contribution in [1.29, 1.82) is 0 Å². The molecule has 0 radical (unpaired) electrons. The third-order valence-corrected chi connectivity index (χ3v) is 6.72. The van der Waals surface area contributed by atoms with E-state index in [1.165, 1.54) is 5.56 Å². The Bertz CT molecular complexity index is 1260. The minimum Gasteiger partial charge on any atom is -0.489 e. The van der Waals surface area contributed by atoms with Crippen LogP contribution < -0.4 is 21.1 Å². The Kier molecular flexibility index (Phi) is 10.9. The van der Waals surface area contributed by atoms with Gasteiger partial charge in [0, 0.05) is 18.5 Å². The fourth-order valence-corrected chi connectivity index (χ4v) is 4.17. The van der Waals surface area contributed by atoms with E-state index >= 15 is 0 Å². The molecule has 0 bridgehead atoms. The topological polar surface area (TPSA) is 111 Å². The normalized spacial score (nSPS) is 11.9. The largest absolute Gasteiger partial charge is 0.489 e. The Labute approximate surface area is 237 Å². The standard InChI is InChI=1S/C33H41N3O4/c1-5-6-7-8-29(37)36-30(32(39)35-21-23-9-13-26(14-10-23)31(34)38)25-15-19-28(20-16-25)40-22-24-11-17-27(18-12-24)33(2,3)4/h9-20,30H,5-8,21-22H2,1-4H3,(H2,34,38)(H,35,39)(H,36,37)/t30-/m0/s1. The molecule has 3 amide bonds. The summed E-state index contributed by atoms with van der Waals surface area (Å²) in [6.45, 7) is 9.30. The number of carbonyl (C=O) groups is 3. The second-order valence-electron chi connectivity index (χ2n) is 11.0. The number of hydrogen-bond donors (Lipinski definition) is 3. The Balaban J connectivity index is 1.66. The first-order valence-electron chi connectivity index (χ1n) is 13.8. The number of ether oxygens (including phenoxy) is 1. The van der Waals surface area contributed by atoms with E-state index in [9.17, 15) is 14.4 Å². The molecule has 0 fully saturated rings. The second kappa shape index (κ2) is 14.3. The van der Waals surface area contributed by atoms with Crippen molar-refractivity contribution in [1.82, 2.24) is 10.6 Å². The summed E-state index contributed by atoms with van der Waals surface area (Å²) < 4.78 is 5.97. The fourth-order valence-electron chi connectivity index (χ4n) is 4.17. The lowest BCUT2D eigenvalue weighted by Gasteiger charge is -2.20. The highest BCUT2D eigenvalue weighted by Gasteiger charge is 2.23. The van der Waals surface area contributed by atoms with Crippen LogP contribution in [-0.2, 0) is 28.2 Å². The van der Waals surface area contributed by atoms with Crippen LogP contribution in [0.3, 0.4) is 0 Å². The fraction of sp³-hybridized carbons (Fsp3) is 0.364. The van der Waals surface area contributed by atoms with Crippen LogP contribution in [0.25, 0.3) is 0 Å². The third kappa shape index (κ3) is 9.26. The summed E-state index contributed by atoms with van der Waals surface area (Å²) >= 11 is 0. The molecule has 3 aromatic carbocycles. The number of rotatable bonds is 13. The summed E-state index contributed by atoms with van der Waals surface area (Å²) in [5.74, 6) is -0.326. The first-order valence-corrected chi connectivity index (χ1v) is 13.8. The van der Waals surface area contributed by atoms with Gasteiger partial charge in [-0.2, -0.15) is 0 Å². The molecule has 7 heteroatoms. The van der Waals surface area contributed by atoms with E-state index in [-0.39, 0.29) is 23.8 Å². The van der Waals surface area contributed by atoms with Crippen LogP contribution in [0.1, 0.15) is 92.0 Å². The van der Waals surface area contributed by atoms with Crippen molar-refractivity contribution in [2.75, 3.05) is 0 Å². The first kappa shape index (κ1) is 30.4. The van der Waals surface area contributed by atoms with Crippen LogP contribution in [-0.4, -0.2) is 17.7 Å². The summed E-state index contributed by atoms with van der Waals surface area (Å²) in [5, 5.41) is 5.79. The van der Waals surface area contributed by atoms with Crippen molar-refractivity contribution in [3.05, 3.63) is 101 Å². The number of hydrogen-bond acceptors (Lipinski definition) is 4. The monoisotopic (exact) mass is 543 g/mol. The highest BCUT2D eigenvalue weighted by molar-refractivity contribution is 5.92. The van der Waals surface area contributed by atoms with E-state index in [4.69, 9.17) is 10.5 Å². The summed E-state index contributed by atoms with van der Waals surface area (Å²) in [4.78, 5) is 37.2. The molecule has 0 aliphatic carbocycles. The van der Waals surface area contributed by atoms with Crippen molar-refractivity contribution in [3.8, 4) is 5.75 Å². The maximum Gasteiger partial charge on any atom is 0.248 e. The van der Waals surface area contributed by atoms with Gasteiger partial charge in [0.05, 0.1) is 0 Å². The maximum atomic E-state index is 13.2. The molecule has 7 nitrogen and oxygen atoms in total. The molecule has 3 aromatic rings. The maximum absolute atomic E-state index is 13.2. The van der Waals surface area contributed by atoms with Crippen molar-refractivity contribution >= 4 is 17.7 Å². The number of benzene rings is 3. The van der Waals surface area contributed by atoms with Crippen molar-refractivity contribution in [2.45, 2.75) is 78.0 Å². The summed E-state index contributed by atoms with van der Waals surface area (Å²) in [7, 11) is 0. The lowest BCUT2D eigenvalue weighted by Crippen LogP contribution is -2.40. The van der Waals surface area contributed by atoms with Gasteiger partial charge in [0.2, 0.25) is 17.7 Å². The highest BCUT2D eigenvalue weighted by Crippen LogP contribution is 2.23. The van der Waals surface area contributed by atoms with Crippen LogP contribution in [0.2, 0.25) is 0 Å². The van der Waals surface area contributed by atoms with Gasteiger partial charge in [-0.3, -0.25) is 14.4 Å². The molecule has 1 atom stereocenters. The number of amides is 3. The minimum atomic E-state index is -0.849. The Morgan fingerprint density at radius 1 is 0.850 bits per heavy atom. The predicted molar refractivity (Wildman–Crippen MR) is 158 cm³/mol. The van der Waals surface area contributed by atoms with E-state index in [1.807, 2.05) is 12.1 Å². The molecule has 0 spiro atoms. The Morgan fingerprint density at radius 3 is 2.05 bits per heavy atom. The molecular weight excluding hydrogens is 502 g/mol. The van der Waals surface area contributed by atoms with Gasteiger partial charge in [0.1, 0.15) is 18.4 Å². The van der Waals surface area contributed by atoms with Crippen LogP contribution in [0.4, 0.5) is 0 Å². The van der Waals surface area contributed by atoms with Gasteiger partial charge in [-0.15, -0.1) is 0 Å². The lowest BCUT2D eigenvalue weighted by molar-refractivity contribution is -0.129. The smallest absolute Gasteiger partial charge is 0.248 e. The second-order valence-corrected chi connectivity index (χ2v) is 11.0. The van der Waals surface area contributed by atoms with Gasteiger partial charge >= 0.3 is 0 Å². The van der Waals surface area contributed by atoms with E-state index in [0.717, 1.165) is 30.4 Å². The zero-order chi connectivity index (χ0) is 29.1. The number of nitrogens with two attached hydrogens (primary N) is 1. The van der Waals surface area contributed by atoms with Gasteiger partial charge in [-0.1, -0.05) is 89.1 Å². The average molecular weight is 544 g/mol. The van der Waals surface area contributed by atoms with E-state index < -0.39 is 11.9 Å². The molecule has 0 unspecified atom stereocenters. The van der Waals surface area contributed by atoms with Gasteiger partial charge in [0.15, 0.2) is 0 Å².